The van der Waals surface area contributed by atoms with Gasteiger partial charge in [0.1, 0.15) is 5.82 Å². The van der Waals surface area contributed by atoms with E-state index in [2.05, 4.69) is 20.3 Å². The molecule has 0 saturated carbocycles. The van der Waals surface area contributed by atoms with Gasteiger partial charge in [-0.05, 0) is 39.0 Å². The van der Waals surface area contributed by atoms with E-state index in [0.29, 0.717) is 11.6 Å². The Labute approximate surface area is 134 Å². The largest absolute Gasteiger partial charge is 0.357 e. The van der Waals surface area contributed by atoms with Gasteiger partial charge in [-0.3, -0.25) is 4.57 Å². The third-order valence-electron chi connectivity index (χ3n) is 3.82. The molecule has 0 atom stereocenters. The molecule has 0 bridgehead atoms. The van der Waals surface area contributed by atoms with Crippen molar-refractivity contribution in [3.8, 4) is 0 Å². The van der Waals surface area contributed by atoms with Crippen LogP contribution in [0.5, 0.6) is 0 Å². The van der Waals surface area contributed by atoms with Crippen molar-refractivity contribution in [1.29, 1.82) is 0 Å². The van der Waals surface area contributed by atoms with E-state index < -0.39 is 5.54 Å². The first-order valence-corrected chi connectivity index (χ1v) is 7.41. The Balaban J connectivity index is 2.15. The summed E-state index contributed by atoms with van der Waals surface area (Å²) in [7, 11) is 1.72. The fourth-order valence-electron chi connectivity index (χ4n) is 2.53. The molecule has 3 aromatic rings. The molecular weight excluding hydrogens is 290 g/mol. The Kier molecular flexibility index (Phi) is 3.60. The van der Waals surface area contributed by atoms with Gasteiger partial charge in [0.25, 0.3) is 0 Å². The molecule has 118 valence electrons. The van der Waals surface area contributed by atoms with Crippen molar-refractivity contribution < 1.29 is 0 Å². The molecule has 0 aliphatic heterocycles. The highest BCUT2D eigenvalue weighted by atomic mass is 16.1. The molecule has 0 aliphatic carbocycles. The zero-order valence-corrected chi connectivity index (χ0v) is 13.7. The van der Waals surface area contributed by atoms with E-state index in [1.54, 1.807) is 30.1 Å². The second kappa shape index (κ2) is 5.46. The van der Waals surface area contributed by atoms with Gasteiger partial charge in [0.15, 0.2) is 5.82 Å². The van der Waals surface area contributed by atoms with Gasteiger partial charge in [-0.2, -0.15) is 4.98 Å². The van der Waals surface area contributed by atoms with E-state index in [4.69, 9.17) is 0 Å². The lowest BCUT2D eigenvalue weighted by Gasteiger charge is -2.26. The first-order valence-electron chi connectivity index (χ1n) is 7.41. The van der Waals surface area contributed by atoms with Gasteiger partial charge in [-0.15, -0.1) is 0 Å². The molecule has 0 amide bonds. The molecule has 6 heteroatoms. The predicted molar refractivity (Wildman–Crippen MR) is 90.4 cm³/mol. The quantitative estimate of drug-likeness (QED) is 0.804. The van der Waals surface area contributed by atoms with Crippen molar-refractivity contribution >= 4 is 16.7 Å². The molecule has 1 N–H and O–H groups in total. The van der Waals surface area contributed by atoms with Crippen molar-refractivity contribution in [2.24, 2.45) is 7.05 Å². The van der Waals surface area contributed by atoms with E-state index in [1.165, 1.54) is 0 Å². The minimum Gasteiger partial charge on any atom is -0.357 e. The summed E-state index contributed by atoms with van der Waals surface area (Å²) in [5, 5.41) is 4.22. The summed E-state index contributed by atoms with van der Waals surface area (Å²) in [5.74, 6) is 1.19. The standard InChI is InChI=1S/C17H19N5O/c1-11-6-7-13-12(10-11)14(20-16(23)22(13)4)21-17(2,3)15-18-8-5-9-19-15/h5-10H,1-4H3,(H,20,21,23). The van der Waals surface area contributed by atoms with Gasteiger partial charge in [0.2, 0.25) is 0 Å². The van der Waals surface area contributed by atoms with Crippen molar-refractivity contribution in [1.82, 2.24) is 19.5 Å². The third-order valence-corrected chi connectivity index (χ3v) is 3.82. The number of aromatic nitrogens is 4. The molecule has 0 aliphatic rings. The second-order valence-corrected chi connectivity index (χ2v) is 6.15. The van der Waals surface area contributed by atoms with E-state index >= 15 is 0 Å². The number of anilines is 1. The van der Waals surface area contributed by atoms with Gasteiger partial charge < -0.3 is 5.32 Å². The number of aryl methyl sites for hydroxylation is 2. The fraction of sp³-hybridized carbons (Fsp3) is 0.294. The number of rotatable bonds is 3. The van der Waals surface area contributed by atoms with E-state index in [-0.39, 0.29) is 5.69 Å². The molecule has 0 spiro atoms. The van der Waals surface area contributed by atoms with Crippen molar-refractivity contribution in [2.75, 3.05) is 5.32 Å². The maximum Gasteiger partial charge on any atom is 0.349 e. The van der Waals surface area contributed by atoms with Crippen LogP contribution in [0.3, 0.4) is 0 Å². The lowest BCUT2D eigenvalue weighted by molar-refractivity contribution is 0.559. The number of hydrogen-bond donors (Lipinski definition) is 1. The van der Waals surface area contributed by atoms with Gasteiger partial charge in [0.05, 0.1) is 11.1 Å². The van der Waals surface area contributed by atoms with E-state index in [0.717, 1.165) is 16.5 Å². The lowest BCUT2D eigenvalue weighted by Crippen LogP contribution is -2.33. The molecule has 23 heavy (non-hydrogen) atoms. The highest BCUT2D eigenvalue weighted by molar-refractivity contribution is 5.90. The van der Waals surface area contributed by atoms with Crippen LogP contribution in [0.25, 0.3) is 10.9 Å². The highest BCUT2D eigenvalue weighted by Gasteiger charge is 2.25. The first kappa shape index (κ1) is 15.1. The third kappa shape index (κ3) is 2.79. The van der Waals surface area contributed by atoms with Crippen molar-refractivity contribution in [3.05, 3.63) is 58.5 Å². The summed E-state index contributed by atoms with van der Waals surface area (Å²) in [6.45, 7) is 5.94. The van der Waals surface area contributed by atoms with Crippen LogP contribution in [-0.4, -0.2) is 19.5 Å². The Morgan fingerprint density at radius 3 is 2.57 bits per heavy atom. The Bertz CT molecular complexity index is 915. The minimum atomic E-state index is -0.558. The van der Waals surface area contributed by atoms with E-state index in [9.17, 15) is 4.79 Å². The van der Waals surface area contributed by atoms with Crippen LogP contribution in [0, 0.1) is 6.92 Å². The molecular formula is C17H19N5O. The predicted octanol–water partition coefficient (Wildman–Crippen LogP) is 2.38. The Morgan fingerprint density at radius 2 is 1.87 bits per heavy atom. The summed E-state index contributed by atoms with van der Waals surface area (Å²) < 4.78 is 1.55. The Hall–Kier alpha value is -2.76. The second-order valence-electron chi connectivity index (χ2n) is 6.15. The van der Waals surface area contributed by atoms with Gasteiger partial charge >= 0.3 is 5.69 Å². The number of nitrogens with one attached hydrogen (secondary N) is 1. The minimum absolute atomic E-state index is 0.298. The highest BCUT2D eigenvalue weighted by Crippen LogP contribution is 2.26. The van der Waals surface area contributed by atoms with Crippen molar-refractivity contribution in [3.63, 3.8) is 0 Å². The summed E-state index contributed by atoms with van der Waals surface area (Å²) in [6, 6.07) is 7.71. The van der Waals surface area contributed by atoms with Gasteiger partial charge in [-0.25, -0.2) is 14.8 Å². The molecule has 0 radical (unpaired) electrons. The summed E-state index contributed by atoms with van der Waals surface area (Å²) >= 11 is 0. The molecule has 6 nitrogen and oxygen atoms in total. The average Bonchev–Trinajstić information content (AvgIpc) is 2.53. The zero-order chi connectivity index (χ0) is 16.6. The SMILES string of the molecule is Cc1ccc2c(c1)c(NC(C)(C)c1ncccn1)nc(=O)n2C. The molecule has 0 fully saturated rings. The van der Waals surface area contributed by atoms with Crippen LogP contribution in [0.15, 0.2) is 41.5 Å². The summed E-state index contributed by atoms with van der Waals surface area (Å²) in [5.41, 5.74) is 1.09. The van der Waals surface area contributed by atoms with Crippen LogP contribution < -0.4 is 11.0 Å². The number of fused-ring (bicyclic) bond motifs is 1. The van der Waals surface area contributed by atoms with E-state index in [1.807, 2.05) is 39.0 Å². The molecule has 2 heterocycles. The normalized spacial score (nSPS) is 11.7. The van der Waals surface area contributed by atoms with Crippen molar-refractivity contribution in [2.45, 2.75) is 26.3 Å². The summed E-state index contributed by atoms with van der Waals surface area (Å²) in [6.07, 6.45) is 3.40. The first-order chi connectivity index (χ1) is 10.9. The van der Waals surface area contributed by atoms with Crippen LogP contribution in [0.2, 0.25) is 0 Å². The van der Waals surface area contributed by atoms with Crippen LogP contribution in [-0.2, 0) is 12.6 Å². The Morgan fingerprint density at radius 1 is 1.17 bits per heavy atom. The maximum absolute atomic E-state index is 12.1. The smallest absolute Gasteiger partial charge is 0.349 e. The van der Waals surface area contributed by atoms with Crippen LogP contribution in [0.1, 0.15) is 25.2 Å². The summed E-state index contributed by atoms with van der Waals surface area (Å²) in [4.78, 5) is 24.9. The molecule has 1 aromatic carbocycles. The topological polar surface area (TPSA) is 72.7 Å². The molecule has 3 rings (SSSR count). The fourth-order valence-corrected chi connectivity index (χ4v) is 2.53. The van der Waals surface area contributed by atoms with Crippen LogP contribution >= 0.6 is 0 Å². The van der Waals surface area contributed by atoms with Gasteiger partial charge in [-0.1, -0.05) is 11.6 Å². The molecule has 0 unspecified atom stereocenters. The zero-order valence-electron chi connectivity index (χ0n) is 13.7. The maximum atomic E-state index is 12.1. The number of hydrogen-bond acceptors (Lipinski definition) is 5. The van der Waals surface area contributed by atoms with Crippen LogP contribution in [0.4, 0.5) is 5.82 Å². The molecule has 0 saturated heterocycles. The molecule has 2 aromatic heterocycles. The number of nitrogens with zero attached hydrogens (tertiary/aromatic N) is 4. The number of benzene rings is 1. The van der Waals surface area contributed by atoms with Gasteiger partial charge in [0, 0.05) is 24.8 Å². The lowest BCUT2D eigenvalue weighted by atomic mass is 10.0. The monoisotopic (exact) mass is 309 g/mol. The average molecular weight is 309 g/mol.